The Hall–Kier alpha value is -2.02. The van der Waals surface area contributed by atoms with Crippen LogP contribution in [0.3, 0.4) is 0 Å². The smallest absolute Gasteiger partial charge is 0.120 e. The number of benzene rings is 2. The molecule has 0 fully saturated rings. The third kappa shape index (κ3) is 3.01. The van der Waals surface area contributed by atoms with Crippen LogP contribution in [0.15, 0.2) is 55.1 Å². The van der Waals surface area contributed by atoms with Gasteiger partial charge in [-0.2, -0.15) is 0 Å². The molecule has 0 aliphatic rings. The van der Waals surface area contributed by atoms with Crippen molar-refractivity contribution in [1.29, 1.82) is 0 Å². The summed E-state index contributed by atoms with van der Waals surface area (Å²) in [6, 6.07) is 16.3. The minimum Gasteiger partial charge on any atom is -0.489 e. The van der Waals surface area contributed by atoms with Gasteiger partial charge in [0.15, 0.2) is 0 Å². The maximum Gasteiger partial charge on any atom is 0.120 e. The van der Waals surface area contributed by atoms with E-state index in [1.807, 2.05) is 31.2 Å². The standard InChI is InChI=1S/C17H18O/c1-13(2)17-10-9-16(11-14(17)3)18-12-15-7-5-4-6-8-15/h4-11H,1,12H2,2-3H3. The first-order valence-corrected chi connectivity index (χ1v) is 6.10. The van der Waals surface area contributed by atoms with Crippen LogP contribution in [0.4, 0.5) is 0 Å². The van der Waals surface area contributed by atoms with Crippen molar-refractivity contribution in [2.75, 3.05) is 0 Å². The Balaban J connectivity index is 2.07. The normalized spacial score (nSPS) is 10.1. The van der Waals surface area contributed by atoms with Crippen molar-refractivity contribution in [2.45, 2.75) is 20.5 Å². The van der Waals surface area contributed by atoms with Crippen molar-refractivity contribution in [1.82, 2.24) is 0 Å². The molecule has 0 amide bonds. The molecule has 0 N–H and O–H groups in total. The zero-order valence-electron chi connectivity index (χ0n) is 10.9. The predicted octanol–water partition coefficient (Wildman–Crippen LogP) is 4.61. The lowest BCUT2D eigenvalue weighted by Crippen LogP contribution is -1.96. The van der Waals surface area contributed by atoms with Crippen molar-refractivity contribution in [3.8, 4) is 5.75 Å². The molecule has 2 aromatic carbocycles. The highest BCUT2D eigenvalue weighted by atomic mass is 16.5. The highest BCUT2D eigenvalue weighted by molar-refractivity contribution is 5.65. The van der Waals surface area contributed by atoms with Gasteiger partial charge in [0.05, 0.1) is 0 Å². The van der Waals surface area contributed by atoms with Gasteiger partial charge < -0.3 is 4.74 Å². The molecule has 0 heterocycles. The summed E-state index contributed by atoms with van der Waals surface area (Å²) in [6.45, 7) is 8.68. The molecule has 0 aromatic heterocycles. The summed E-state index contributed by atoms with van der Waals surface area (Å²) in [5.41, 5.74) is 4.66. The minimum absolute atomic E-state index is 0.604. The van der Waals surface area contributed by atoms with E-state index >= 15 is 0 Å². The van der Waals surface area contributed by atoms with Gasteiger partial charge in [-0.25, -0.2) is 0 Å². The van der Waals surface area contributed by atoms with Crippen LogP contribution in [0.2, 0.25) is 0 Å². The molecule has 0 aliphatic carbocycles. The maximum atomic E-state index is 5.78. The fraction of sp³-hybridized carbons (Fsp3) is 0.176. The molecule has 1 nitrogen and oxygen atoms in total. The summed E-state index contributed by atoms with van der Waals surface area (Å²) < 4.78 is 5.78. The summed E-state index contributed by atoms with van der Waals surface area (Å²) >= 11 is 0. The predicted molar refractivity (Wildman–Crippen MR) is 76.7 cm³/mol. The second-order valence-corrected chi connectivity index (χ2v) is 4.53. The molecule has 1 heteroatoms. The SMILES string of the molecule is C=C(C)c1ccc(OCc2ccccc2)cc1C. The van der Waals surface area contributed by atoms with Gasteiger partial charge in [-0.1, -0.05) is 48.6 Å². The van der Waals surface area contributed by atoms with E-state index < -0.39 is 0 Å². The molecule has 0 saturated carbocycles. The van der Waals surface area contributed by atoms with E-state index in [9.17, 15) is 0 Å². The summed E-state index contributed by atoms with van der Waals surface area (Å²) in [5.74, 6) is 0.904. The lowest BCUT2D eigenvalue weighted by molar-refractivity contribution is 0.306. The van der Waals surface area contributed by atoms with Crippen LogP contribution < -0.4 is 4.74 Å². The average molecular weight is 238 g/mol. The van der Waals surface area contributed by atoms with E-state index in [-0.39, 0.29) is 0 Å². The van der Waals surface area contributed by atoms with Crippen LogP contribution in [0.1, 0.15) is 23.6 Å². The zero-order valence-corrected chi connectivity index (χ0v) is 10.9. The largest absolute Gasteiger partial charge is 0.489 e. The zero-order chi connectivity index (χ0) is 13.0. The molecule has 0 unspecified atom stereocenters. The van der Waals surface area contributed by atoms with Gasteiger partial charge in [-0.05, 0) is 42.7 Å². The van der Waals surface area contributed by atoms with Gasteiger partial charge >= 0.3 is 0 Å². The summed E-state index contributed by atoms with van der Waals surface area (Å²) in [7, 11) is 0. The van der Waals surface area contributed by atoms with Gasteiger partial charge in [-0.15, -0.1) is 0 Å². The third-order valence-corrected chi connectivity index (χ3v) is 2.91. The molecule has 0 radical (unpaired) electrons. The van der Waals surface area contributed by atoms with E-state index in [1.165, 1.54) is 16.7 Å². The Bertz CT molecular complexity index is 541. The van der Waals surface area contributed by atoms with E-state index in [0.29, 0.717) is 6.61 Å². The Labute approximate surface area is 109 Å². The molecule has 0 saturated heterocycles. The molecular weight excluding hydrogens is 220 g/mol. The Morgan fingerprint density at radius 1 is 1.11 bits per heavy atom. The summed E-state index contributed by atoms with van der Waals surface area (Å²) in [5, 5.41) is 0. The number of hydrogen-bond acceptors (Lipinski definition) is 1. The summed E-state index contributed by atoms with van der Waals surface area (Å²) in [6.07, 6.45) is 0. The van der Waals surface area contributed by atoms with E-state index in [2.05, 4.69) is 37.8 Å². The second-order valence-electron chi connectivity index (χ2n) is 4.53. The molecule has 0 aliphatic heterocycles. The Morgan fingerprint density at radius 2 is 1.83 bits per heavy atom. The first kappa shape index (κ1) is 12.4. The topological polar surface area (TPSA) is 9.23 Å². The first-order valence-electron chi connectivity index (χ1n) is 6.10. The van der Waals surface area contributed by atoms with E-state index in [4.69, 9.17) is 4.74 Å². The van der Waals surface area contributed by atoms with Crippen molar-refractivity contribution in [3.63, 3.8) is 0 Å². The third-order valence-electron chi connectivity index (χ3n) is 2.91. The van der Waals surface area contributed by atoms with Crippen LogP contribution in [-0.2, 0) is 6.61 Å². The molecule has 2 aromatic rings. The van der Waals surface area contributed by atoms with Crippen LogP contribution in [0.5, 0.6) is 5.75 Å². The molecule has 92 valence electrons. The molecule has 2 rings (SSSR count). The van der Waals surface area contributed by atoms with Gasteiger partial charge in [0.1, 0.15) is 12.4 Å². The highest BCUT2D eigenvalue weighted by Crippen LogP contribution is 2.22. The number of aryl methyl sites for hydroxylation is 1. The van der Waals surface area contributed by atoms with E-state index in [1.54, 1.807) is 0 Å². The molecule has 0 spiro atoms. The fourth-order valence-electron chi connectivity index (χ4n) is 1.95. The van der Waals surface area contributed by atoms with Crippen molar-refractivity contribution in [3.05, 3.63) is 71.8 Å². The van der Waals surface area contributed by atoms with Crippen molar-refractivity contribution < 1.29 is 4.74 Å². The van der Waals surface area contributed by atoms with E-state index in [0.717, 1.165) is 11.3 Å². The lowest BCUT2D eigenvalue weighted by Gasteiger charge is -2.10. The number of hydrogen-bond donors (Lipinski definition) is 0. The van der Waals surface area contributed by atoms with Crippen LogP contribution in [0, 0.1) is 6.92 Å². The molecular formula is C17H18O. The summed E-state index contributed by atoms with van der Waals surface area (Å²) in [4.78, 5) is 0. The maximum absolute atomic E-state index is 5.78. The monoisotopic (exact) mass is 238 g/mol. The molecule has 18 heavy (non-hydrogen) atoms. The lowest BCUT2D eigenvalue weighted by atomic mass is 10.0. The molecule has 0 bridgehead atoms. The van der Waals surface area contributed by atoms with Crippen LogP contribution in [-0.4, -0.2) is 0 Å². The Kier molecular flexibility index (Phi) is 3.83. The number of allylic oxidation sites excluding steroid dienone is 1. The number of rotatable bonds is 4. The quantitative estimate of drug-likeness (QED) is 0.756. The van der Waals surface area contributed by atoms with Gasteiger partial charge in [0, 0.05) is 0 Å². The van der Waals surface area contributed by atoms with Crippen molar-refractivity contribution >= 4 is 5.57 Å². The Morgan fingerprint density at radius 3 is 2.44 bits per heavy atom. The number of ether oxygens (including phenoxy) is 1. The van der Waals surface area contributed by atoms with Gasteiger partial charge in [0.2, 0.25) is 0 Å². The minimum atomic E-state index is 0.604. The fourth-order valence-corrected chi connectivity index (χ4v) is 1.95. The van der Waals surface area contributed by atoms with Crippen molar-refractivity contribution in [2.24, 2.45) is 0 Å². The highest BCUT2D eigenvalue weighted by Gasteiger charge is 2.01. The first-order chi connectivity index (χ1) is 8.66. The van der Waals surface area contributed by atoms with Crippen LogP contribution in [0.25, 0.3) is 5.57 Å². The second kappa shape index (κ2) is 5.54. The average Bonchev–Trinajstić information content (AvgIpc) is 2.37. The van der Waals surface area contributed by atoms with Crippen LogP contribution >= 0.6 is 0 Å². The van der Waals surface area contributed by atoms with Gasteiger partial charge in [-0.3, -0.25) is 0 Å². The van der Waals surface area contributed by atoms with Gasteiger partial charge in [0.25, 0.3) is 0 Å². The molecule has 0 atom stereocenters.